The van der Waals surface area contributed by atoms with Crippen LogP contribution in [0.3, 0.4) is 0 Å². The van der Waals surface area contributed by atoms with Gasteiger partial charge in [-0.2, -0.15) is 0 Å². The van der Waals surface area contributed by atoms with Gasteiger partial charge in [-0.1, -0.05) is 37.6 Å². The zero-order valence-corrected chi connectivity index (χ0v) is 12.1. The topological polar surface area (TPSA) is 51.2 Å². The highest BCUT2D eigenvalue weighted by molar-refractivity contribution is 7.91. The Morgan fingerprint density at radius 3 is 2.47 bits per heavy atom. The second-order valence-corrected chi connectivity index (χ2v) is 7.49. The van der Waals surface area contributed by atoms with Crippen LogP contribution in [0.15, 0.2) is 24.3 Å². The number of unbranched alkanes of at least 4 members (excludes halogenated alkanes) is 1. The van der Waals surface area contributed by atoms with Gasteiger partial charge in [-0.3, -0.25) is 4.79 Å². The summed E-state index contributed by atoms with van der Waals surface area (Å²) < 4.78 is 22.8. The molecule has 0 bridgehead atoms. The van der Waals surface area contributed by atoms with Crippen LogP contribution >= 0.6 is 0 Å². The highest BCUT2D eigenvalue weighted by atomic mass is 32.2. The molecule has 3 nitrogen and oxygen atoms in total. The van der Waals surface area contributed by atoms with Crippen molar-refractivity contribution in [3.63, 3.8) is 0 Å². The molecule has 2 rings (SSSR count). The van der Waals surface area contributed by atoms with Crippen molar-refractivity contribution in [2.24, 2.45) is 5.92 Å². The lowest BCUT2D eigenvalue weighted by Crippen LogP contribution is -2.16. The minimum atomic E-state index is -2.99. The molecule has 0 spiro atoms. The van der Waals surface area contributed by atoms with Gasteiger partial charge >= 0.3 is 0 Å². The second-order valence-electron chi connectivity index (χ2n) is 5.26. The van der Waals surface area contributed by atoms with Gasteiger partial charge in [0.05, 0.1) is 11.5 Å². The van der Waals surface area contributed by atoms with Crippen molar-refractivity contribution in [3.8, 4) is 0 Å². The number of hydrogen-bond acceptors (Lipinski definition) is 3. The van der Waals surface area contributed by atoms with Crippen LogP contribution in [0, 0.1) is 5.92 Å². The van der Waals surface area contributed by atoms with Crippen LogP contribution in [0.4, 0.5) is 0 Å². The van der Waals surface area contributed by atoms with E-state index in [4.69, 9.17) is 0 Å². The Hall–Kier alpha value is -1.16. The van der Waals surface area contributed by atoms with E-state index in [1.807, 2.05) is 24.3 Å². The van der Waals surface area contributed by atoms with Crippen molar-refractivity contribution >= 4 is 15.6 Å². The van der Waals surface area contributed by atoms with Gasteiger partial charge in [0, 0.05) is 11.5 Å². The lowest BCUT2D eigenvalue weighted by Gasteiger charge is -2.07. The number of sulfone groups is 1. The SMILES string of the molecule is CCCCc1ccc(C(=O)C2CCS(=O)(=O)C2)cc1. The highest BCUT2D eigenvalue weighted by Crippen LogP contribution is 2.23. The van der Waals surface area contributed by atoms with E-state index >= 15 is 0 Å². The normalized spacial score (nSPS) is 21.4. The third kappa shape index (κ3) is 3.66. The van der Waals surface area contributed by atoms with E-state index in [-0.39, 0.29) is 23.2 Å². The fourth-order valence-electron chi connectivity index (χ4n) is 2.45. The Balaban J connectivity index is 2.04. The molecular formula is C15H20O3S. The molecule has 0 amide bonds. The highest BCUT2D eigenvalue weighted by Gasteiger charge is 2.33. The van der Waals surface area contributed by atoms with Crippen molar-refractivity contribution in [1.29, 1.82) is 0 Å². The molecular weight excluding hydrogens is 260 g/mol. The van der Waals surface area contributed by atoms with Crippen molar-refractivity contribution in [2.75, 3.05) is 11.5 Å². The number of hydrogen-bond donors (Lipinski definition) is 0. The summed E-state index contributed by atoms with van der Waals surface area (Å²) in [6, 6.07) is 7.62. The Morgan fingerprint density at radius 2 is 1.95 bits per heavy atom. The van der Waals surface area contributed by atoms with Gasteiger partial charge in [0.1, 0.15) is 0 Å². The molecule has 1 heterocycles. The van der Waals surface area contributed by atoms with E-state index in [1.165, 1.54) is 5.56 Å². The minimum Gasteiger partial charge on any atom is -0.294 e. The zero-order chi connectivity index (χ0) is 13.9. The predicted octanol–water partition coefficient (Wildman–Crippen LogP) is 2.65. The molecule has 1 aliphatic heterocycles. The Kier molecular flexibility index (Phi) is 4.40. The van der Waals surface area contributed by atoms with Crippen molar-refractivity contribution in [1.82, 2.24) is 0 Å². The van der Waals surface area contributed by atoms with E-state index in [1.54, 1.807) is 0 Å². The first-order chi connectivity index (χ1) is 9.02. The predicted molar refractivity (Wildman–Crippen MR) is 76.1 cm³/mol. The molecule has 0 aromatic heterocycles. The van der Waals surface area contributed by atoms with Crippen LogP contribution in [0.1, 0.15) is 42.1 Å². The number of ketones is 1. The summed E-state index contributed by atoms with van der Waals surface area (Å²) >= 11 is 0. The summed E-state index contributed by atoms with van der Waals surface area (Å²) in [6.07, 6.45) is 3.80. The van der Waals surface area contributed by atoms with Crippen molar-refractivity contribution in [3.05, 3.63) is 35.4 Å². The number of aryl methyl sites for hydroxylation is 1. The van der Waals surface area contributed by atoms with Gasteiger partial charge in [-0.15, -0.1) is 0 Å². The van der Waals surface area contributed by atoms with Gasteiger partial charge in [0.2, 0.25) is 0 Å². The van der Waals surface area contributed by atoms with Crippen molar-refractivity contribution in [2.45, 2.75) is 32.6 Å². The molecule has 0 saturated carbocycles. The molecule has 104 valence electrons. The van der Waals surface area contributed by atoms with Gasteiger partial charge in [-0.05, 0) is 24.8 Å². The maximum atomic E-state index is 12.2. The standard InChI is InChI=1S/C15H20O3S/c1-2-3-4-12-5-7-13(8-6-12)15(16)14-9-10-19(17,18)11-14/h5-8,14H,2-4,9-11H2,1H3. The largest absolute Gasteiger partial charge is 0.294 e. The van der Waals surface area contributed by atoms with E-state index < -0.39 is 9.84 Å². The summed E-state index contributed by atoms with van der Waals surface area (Å²) in [4.78, 5) is 12.2. The molecule has 1 saturated heterocycles. The van der Waals surface area contributed by atoms with Gasteiger partial charge in [0.15, 0.2) is 15.6 Å². The lowest BCUT2D eigenvalue weighted by molar-refractivity contribution is 0.0933. The smallest absolute Gasteiger partial charge is 0.166 e. The van der Waals surface area contributed by atoms with Crippen LogP contribution in [0.5, 0.6) is 0 Å². The van der Waals surface area contributed by atoms with Gasteiger partial charge in [0.25, 0.3) is 0 Å². The summed E-state index contributed by atoms with van der Waals surface area (Å²) in [6.45, 7) is 2.15. The molecule has 0 N–H and O–H groups in total. The molecule has 1 aliphatic rings. The van der Waals surface area contributed by atoms with Gasteiger partial charge < -0.3 is 0 Å². The molecule has 0 radical (unpaired) electrons. The maximum Gasteiger partial charge on any atom is 0.166 e. The number of Topliss-reactive ketones (excluding diaryl/α,β-unsaturated/α-hetero) is 1. The third-order valence-corrected chi connectivity index (χ3v) is 5.43. The Labute approximate surface area is 114 Å². The van der Waals surface area contributed by atoms with Crippen LogP contribution in [-0.4, -0.2) is 25.7 Å². The van der Waals surface area contributed by atoms with Crippen molar-refractivity contribution < 1.29 is 13.2 Å². The summed E-state index contributed by atoms with van der Waals surface area (Å²) in [5.41, 5.74) is 1.87. The van der Waals surface area contributed by atoms with Crippen LogP contribution < -0.4 is 0 Å². The molecule has 1 unspecified atom stereocenters. The van der Waals surface area contributed by atoms with E-state index in [2.05, 4.69) is 6.92 Å². The first-order valence-corrected chi connectivity index (χ1v) is 8.67. The number of rotatable bonds is 5. The number of carbonyl (C=O) groups excluding carboxylic acids is 1. The summed E-state index contributed by atoms with van der Waals surface area (Å²) in [7, 11) is -2.99. The molecule has 0 aliphatic carbocycles. The van der Waals surface area contributed by atoms with Crippen LogP contribution in [0.2, 0.25) is 0 Å². The third-order valence-electron chi connectivity index (χ3n) is 3.66. The van der Waals surface area contributed by atoms with Crippen LogP contribution in [-0.2, 0) is 16.3 Å². The van der Waals surface area contributed by atoms with E-state index in [0.29, 0.717) is 12.0 Å². The quantitative estimate of drug-likeness (QED) is 0.779. The Morgan fingerprint density at radius 1 is 1.26 bits per heavy atom. The van der Waals surface area contributed by atoms with E-state index in [0.717, 1.165) is 19.3 Å². The molecule has 19 heavy (non-hydrogen) atoms. The fourth-order valence-corrected chi connectivity index (χ4v) is 4.20. The summed E-state index contributed by atoms with van der Waals surface area (Å²) in [5, 5.41) is 0. The Bertz CT molecular complexity index is 543. The molecule has 4 heteroatoms. The van der Waals surface area contributed by atoms with Crippen LogP contribution in [0.25, 0.3) is 0 Å². The molecule has 1 atom stereocenters. The maximum absolute atomic E-state index is 12.2. The molecule has 1 fully saturated rings. The molecule has 1 aromatic rings. The second kappa shape index (κ2) is 5.87. The monoisotopic (exact) mass is 280 g/mol. The first-order valence-electron chi connectivity index (χ1n) is 6.85. The van der Waals surface area contributed by atoms with E-state index in [9.17, 15) is 13.2 Å². The summed E-state index contributed by atoms with van der Waals surface area (Å²) in [5.74, 6) is -0.198. The fraction of sp³-hybridized carbons (Fsp3) is 0.533. The zero-order valence-electron chi connectivity index (χ0n) is 11.3. The first kappa shape index (κ1) is 14.3. The number of benzene rings is 1. The number of carbonyl (C=O) groups is 1. The van der Waals surface area contributed by atoms with Gasteiger partial charge in [-0.25, -0.2) is 8.42 Å². The lowest BCUT2D eigenvalue weighted by atomic mass is 9.96. The average molecular weight is 280 g/mol. The minimum absolute atomic E-state index is 0.0173. The average Bonchev–Trinajstić information content (AvgIpc) is 2.76. The molecule has 1 aromatic carbocycles.